The summed E-state index contributed by atoms with van der Waals surface area (Å²) in [7, 11) is 0. The van der Waals surface area contributed by atoms with Crippen molar-refractivity contribution in [2.24, 2.45) is 0 Å². The first-order valence-electron chi connectivity index (χ1n) is 17.6. The van der Waals surface area contributed by atoms with Crippen molar-refractivity contribution in [3.63, 3.8) is 0 Å². The molecule has 13 rings (SSSR count). The van der Waals surface area contributed by atoms with Crippen LogP contribution < -0.4 is 0 Å². The van der Waals surface area contributed by atoms with Crippen molar-refractivity contribution in [2.75, 3.05) is 0 Å². The summed E-state index contributed by atoms with van der Waals surface area (Å²) in [6.45, 7) is 0. The summed E-state index contributed by atoms with van der Waals surface area (Å²) in [4.78, 5) is 0. The van der Waals surface area contributed by atoms with Crippen molar-refractivity contribution in [2.45, 2.75) is 0 Å². The molecule has 0 aromatic heterocycles. The zero-order chi connectivity index (χ0) is 32.2. The van der Waals surface area contributed by atoms with Crippen LogP contribution in [0.15, 0.2) is 158 Å². The molecular formula is C50H26. The van der Waals surface area contributed by atoms with Crippen molar-refractivity contribution in [3.8, 4) is 44.5 Å². The molecule has 0 amide bonds. The lowest BCUT2D eigenvalue weighted by Crippen LogP contribution is -1.93. The second kappa shape index (κ2) is 8.74. The van der Waals surface area contributed by atoms with Gasteiger partial charge in [-0.15, -0.1) is 0 Å². The Morgan fingerprint density at radius 3 is 0.940 bits per heavy atom. The van der Waals surface area contributed by atoms with Gasteiger partial charge in [-0.2, -0.15) is 0 Å². The van der Waals surface area contributed by atoms with Gasteiger partial charge in [0.25, 0.3) is 0 Å². The molecule has 0 radical (unpaired) electrons. The van der Waals surface area contributed by atoms with Gasteiger partial charge in [-0.1, -0.05) is 158 Å². The van der Waals surface area contributed by atoms with E-state index in [0.717, 1.165) is 0 Å². The molecule has 0 bridgehead atoms. The lowest BCUT2D eigenvalue weighted by Gasteiger charge is -2.20. The van der Waals surface area contributed by atoms with Gasteiger partial charge in [0.05, 0.1) is 0 Å². The van der Waals surface area contributed by atoms with Crippen LogP contribution in [-0.2, 0) is 0 Å². The van der Waals surface area contributed by atoms with Crippen LogP contribution in [0.2, 0.25) is 0 Å². The lowest BCUT2D eigenvalue weighted by atomic mass is 9.82. The van der Waals surface area contributed by atoms with Gasteiger partial charge in [-0.05, 0) is 131 Å². The molecule has 0 saturated heterocycles. The lowest BCUT2D eigenvalue weighted by molar-refractivity contribution is 1.70. The SMILES string of the molecule is c1cc2c3c(c1)ccc1ccc4c(-c5c6ccccc6c(-c6ccc7c8c6ccc6ccc9cccc-7c9c68)c6ccccc56)ccc-2c4c13. The summed E-state index contributed by atoms with van der Waals surface area (Å²) in [5, 5.41) is 21.5. The molecule has 11 aromatic rings. The Morgan fingerprint density at radius 1 is 0.180 bits per heavy atom. The minimum atomic E-state index is 1.30. The van der Waals surface area contributed by atoms with Crippen molar-refractivity contribution >= 4 is 86.2 Å². The molecule has 11 aromatic carbocycles. The van der Waals surface area contributed by atoms with E-state index in [4.69, 9.17) is 0 Å². The first-order valence-corrected chi connectivity index (χ1v) is 17.6. The van der Waals surface area contributed by atoms with Crippen LogP contribution in [0.3, 0.4) is 0 Å². The summed E-state index contributed by atoms with van der Waals surface area (Å²) in [5.41, 5.74) is 10.7. The highest BCUT2D eigenvalue weighted by molar-refractivity contribution is 6.37. The first kappa shape index (κ1) is 25.5. The van der Waals surface area contributed by atoms with E-state index in [2.05, 4.69) is 158 Å². The minimum absolute atomic E-state index is 1.30. The van der Waals surface area contributed by atoms with Gasteiger partial charge in [0.15, 0.2) is 0 Å². The number of fused-ring (bicyclic) bond motifs is 4. The second-order valence-corrected chi connectivity index (χ2v) is 14.3. The van der Waals surface area contributed by atoms with E-state index >= 15 is 0 Å². The van der Waals surface area contributed by atoms with E-state index in [1.807, 2.05) is 0 Å². The average molecular weight is 627 g/mol. The summed E-state index contributed by atoms with van der Waals surface area (Å²) < 4.78 is 0. The van der Waals surface area contributed by atoms with Gasteiger partial charge in [0, 0.05) is 0 Å². The van der Waals surface area contributed by atoms with Gasteiger partial charge >= 0.3 is 0 Å². The summed E-state index contributed by atoms with van der Waals surface area (Å²) in [6, 6.07) is 59.9. The third-order valence-electron chi connectivity index (χ3n) is 12.1. The number of rotatable bonds is 2. The fourth-order valence-corrected chi connectivity index (χ4v) is 10.1. The van der Waals surface area contributed by atoms with E-state index in [1.54, 1.807) is 0 Å². The van der Waals surface area contributed by atoms with Gasteiger partial charge in [-0.3, -0.25) is 0 Å². The standard InChI is InChI=1S/C50H26/c1-2-10-34-33(9-1)47(37-23-25-41-31-13-5-7-27-15-17-29-19-21-39(37)49(41)45(29)43(27)31)35-11-3-4-12-36(35)48(34)38-24-26-42-32-14-6-8-28-16-18-30-20-22-40(38)50(42)46(30)44(28)32/h1-26H. The minimum Gasteiger partial charge on any atom is -0.0616 e. The third-order valence-corrected chi connectivity index (χ3v) is 12.1. The Hall–Kier alpha value is -6.50. The molecule has 0 atom stereocenters. The Balaban J connectivity index is 1.17. The molecular weight excluding hydrogens is 601 g/mol. The zero-order valence-corrected chi connectivity index (χ0v) is 27.0. The molecule has 0 saturated carbocycles. The maximum atomic E-state index is 2.39. The highest BCUT2D eigenvalue weighted by Gasteiger charge is 2.26. The molecule has 0 heteroatoms. The highest BCUT2D eigenvalue weighted by atomic mass is 14.3. The van der Waals surface area contributed by atoms with E-state index in [-0.39, 0.29) is 0 Å². The van der Waals surface area contributed by atoms with Crippen molar-refractivity contribution in [3.05, 3.63) is 158 Å². The molecule has 0 heterocycles. The van der Waals surface area contributed by atoms with Crippen LogP contribution in [0.4, 0.5) is 0 Å². The smallest absolute Gasteiger partial charge is 0.00139 e. The fourth-order valence-electron chi connectivity index (χ4n) is 10.1. The number of benzene rings is 11. The van der Waals surface area contributed by atoms with Gasteiger partial charge in [0.2, 0.25) is 0 Å². The molecule has 0 aliphatic heterocycles. The van der Waals surface area contributed by atoms with Crippen LogP contribution in [0, 0.1) is 0 Å². The van der Waals surface area contributed by atoms with Crippen LogP contribution in [0.5, 0.6) is 0 Å². The van der Waals surface area contributed by atoms with Crippen LogP contribution in [-0.4, -0.2) is 0 Å². The largest absolute Gasteiger partial charge is 0.0616 e. The number of hydrogen-bond acceptors (Lipinski definition) is 0. The zero-order valence-electron chi connectivity index (χ0n) is 27.0. The molecule has 0 spiro atoms. The summed E-state index contributed by atoms with van der Waals surface area (Å²) in [6.07, 6.45) is 0. The fraction of sp³-hybridized carbons (Fsp3) is 0. The van der Waals surface area contributed by atoms with E-state index in [9.17, 15) is 0 Å². The molecule has 226 valence electrons. The average Bonchev–Trinajstić information content (AvgIpc) is 3.71. The monoisotopic (exact) mass is 626 g/mol. The molecule has 2 aliphatic carbocycles. The molecule has 2 aliphatic rings. The summed E-state index contributed by atoms with van der Waals surface area (Å²) >= 11 is 0. The highest BCUT2D eigenvalue weighted by Crippen LogP contribution is 2.54. The predicted molar refractivity (Wildman–Crippen MR) is 215 cm³/mol. The second-order valence-electron chi connectivity index (χ2n) is 14.3. The van der Waals surface area contributed by atoms with Gasteiger partial charge in [0.1, 0.15) is 0 Å². The van der Waals surface area contributed by atoms with Crippen LogP contribution >= 0.6 is 0 Å². The Kier molecular flexibility index (Phi) is 4.46. The van der Waals surface area contributed by atoms with E-state index < -0.39 is 0 Å². The number of hydrogen-bond donors (Lipinski definition) is 0. The van der Waals surface area contributed by atoms with Gasteiger partial charge in [-0.25, -0.2) is 0 Å². The quantitative estimate of drug-likeness (QED) is 0.132. The maximum Gasteiger partial charge on any atom is -0.00139 e. The van der Waals surface area contributed by atoms with Crippen LogP contribution in [0.25, 0.3) is 131 Å². The van der Waals surface area contributed by atoms with E-state index in [1.165, 1.54) is 131 Å². The summed E-state index contributed by atoms with van der Waals surface area (Å²) in [5.74, 6) is 0. The molecule has 0 N–H and O–H groups in total. The molecule has 0 unspecified atom stereocenters. The molecule has 0 fully saturated rings. The van der Waals surface area contributed by atoms with Crippen LogP contribution in [0.1, 0.15) is 0 Å². The maximum absolute atomic E-state index is 2.39. The Labute approximate surface area is 287 Å². The molecule has 50 heavy (non-hydrogen) atoms. The normalized spacial score (nSPS) is 12.8. The third kappa shape index (κ3) is 2.89. The molecule has 0 nitrogen and oxygen atoms in total. The predicted octanol–water partition coefficient (Wildman–Crippen LogP) is 14.2. The first-order chi connectivity index (χ1) is 24.8. The Morgan fingerprint density at radius 2 is 0.520 bits per heavy atom. The topological polar surface area (TPSA) is 0 Å². The van der Waals surface area contributed by atoms with Crippen molar-refractivity contribution in [1.82, 2.24) is 0 Å². The van der Waals surface area contributed by atoms with Crippen molar-refractivity contribution in [1.29, 1.82) is 0 Å². The van der Waals surface area contributed by atoms with E-state index in [0.29, 0.717) is 0 Å². The van der Waals surface area contributed by atoms with Gasteiger partial charge < -0.3 is 0 Å². The Bertz CT molecular complexity index is 3130. The van der Waals surface area contributed by atoms with Crippen molar-refractivity contribution < 1.29 is 0 Å².